The Bertz CT molecular complexity index is 542. The molecule has 118 valence electrons. The summed E-state index contributed by atoms with van der Waals surface area (Å²) in [4.78, 5) is 13.6. The highest BCUT2D eigenvalue weighted by Crippen LogP contribution is 2.35. The van der Waals surface area contributed by atoms with Crippen molar-refractivity contribution in [2.75, 3.05) is 25.2 Å². The number of ether oxygens (including phenoxy) is 2. The predicted octanol–water partition coefficient (Wildman–Crippen LogP) is 3.87. The molecule has 0 bridgehead atoms. The summed E-state index contributed by atoms with van der Waals surface area (Å²) in [6.45, 7) is 5.06. The van der Waals surface area contributed by atoms with Crippen molar-refractivity contribution in [2.24, 2.45) is 0 Å². The summed E-state index contributed by atoms with van der Waals surface area (Å²) in [6, 6.07) is 8.33. The zero-order chi connectivity index (χ0) is 15.5. The van der Waals surface area contributed by atoms with Crippen LogP contribution in [-0.4, -0.2) is 32.5 Å². The van der Waals surface area contributed by atoms with Gasteiger partial charge in [0.1, 0.15) is 6.10 Å². The number of hydrogen-bond acceptors (Lipinski definition) is 3. The van der Waals surface area contributed by atoms with E-state index in [1.54, 1.807) is 12.0 Å². The summed E-state index contributed by atoms with van der Waals surface area (Å²) in [6.07, 6.45) is 4.15. The largest absolute Gasteiger partial charge is 0.441 e. The van der Waals surface area contributed by atoms with Crippen LogP contribution >= 0.6 is 0 Å². The highest BCUT2D eigenvalue weighted by molar-refractivity contribution is 5.89. The van der Waals surface area contributed by atoms with Gasteiger partial charge in [0.2, 0.25) is 0 Å². The molecule has 22 heavy (non-hydrogen) atoms. The van der Waals surface area contributed by atoms with Crippen LogP contribution in [-0.2, 0) is 9.47 Å². The number of methoxy groups -OCH3 is 1. The number of benzene rings is 1. The maximum atomic E-state index is 11.9. The second-order valence-corrected chi connectivity index (χ2v) is 6.19. The lowest BCUT2D eigenvalue weighted by molar-refractivity contribution is 0.0718. The Balaban J connectivity index is 1.66. The van der Waals surface area contributed by atoms with Gasteiger partial charge in [-0.1, -0.05) is 24.3 Å². The average molecular weight is 301 g/mol. The number of amides is 1. The SMILES string of the molecule is C=C1CCC(c2ccc(N3C[C@@H](COC)OC3=O)cc2)CC1. The number of allylic oxidation sites excluding steroid dienone is 1. The molecule has 0 N–H and O–H groups in total. The van der Waals surface area contributed by atoms with Gasteiger partial charge < -0.3 is 9.47 Å². The fraction of sp³-hybridized carbons (Fsp3) is 0.500. The van der Waals surface area contributed by atoms with Crippen LogP contribution < -0.4 is 4.90 Å². The van der Waals surface area contributed by atoms with E-state index in [1.165, 1.54) is 24.0 Å². The molecule has 4 heteroatoms. The van der Waals surface area contributed by atoms with Gasteiger partial charge in [0.25, 0.3) is 0 Å². The lowest BCUT2D eigenvalue weighted by Gasteiger charge is -2.24. The molecule has 0 aromatic heterocycles. The lowest BCUT2D eigenvalue weighted by Crippen LogP contribution is -2.25. The third-order valence-electron chi connectivity index (χ3n) is 4.60. The summed E-state index contributed by atoms with van der Waals surface area (Å²) >= 11 is 0. The van der Waals surface area contributed by atoms with E-state index in [9.17, 15) is 4.79 Å². The molecule has 1 saturated heterocycles. The van der Waals surface area contributed by atoms with Gasteiger partial charge in [0.05, 0.1) is 13.2 Å². The normalized spacial score (nSPS) is 23.0. The van der Waals surface area contributed by atoms with Gasteiger partial charge in [-0.3, -0.25) is 4.90 Å². The van der Waals surface area contributed by atoms with Gasteiger partial charge in [-0.25, -0.2) is 4.79 Å². The molecule has 1 amide bonds. The molecule has 0 unspecified atom stereocenters. The minimum Gasteiger partial charge on any atom is -0.441 e. The predicted molar refractivity (Wildman–Crippen MR) is 86.3 cm³/mol. The fourth-order valence-corrected chi connectivity index (χ4v) is 3.29. The standard InChI is InChI=1S/C18H23NO3/c1-13-3-5-14(6-4-13)15-7-9-16(10-8-15)19-11-17(12-21-2)22-18(19)20/h7-10,14,17H,1,3-6,11-12H2,2H3/t17-/m0/s1. The zero-order valence-corrected chi connectivity index (χ0v) is 13.1. The van der Waals surface area contributed by atoms with E-state index < -0.39 is 0 Å². The van der Waals surface area contributed by atoms with Crippen molar-refractivity contribution < 1.29 is 14.3 Å². The molecular weight excluding hydrogens is 278 g/mol. The van der Waals surface area contributed by atoms with Crippen molar-refractivity contribution >= 4 is 11.8 Å². The number of rotatable bonds is 4. The minimum atomic E-state index is -0.288. The quantitative estimate of drug-likeness (QED) is 0.792. The van der Waals surface area contributed by atoms with Crippen molar-refractivity contribution in [3.8, 4) is 0 Å². The molecular formula is C18H23NO3. The van der Waals surface area contributed by atoms with E-state index in [0.29, 0.717) is 19.1 Å². The summed E-state index contributed by atoms with van der Waals surface area (Å²) in [5.41, 5.74) is 3.63. The summed E-state index contributed by atoms with van der Waals surface area (Å²) in [7, 11) is 1.62. The number of carbonyl (C=O) groups is 1. The van der Waals surface area contributed by atoms with Crippen molar-refractivity contribution in [3.63, 3.8) is 0 Å². The number of nitrogens with zero attached hydrogens (tertiary/aromatic N) is 1. The Hall–Kier alpha value is -1.81. The Morgan fingerprint density at radius 1 is 1.27 bits per heavy atom. The van der Waals surface area contributed by atoms with Crippen LogP contribution in [0.25, 0.3) is 0 Å². The van der Waals surface area contributed by atoms with Crippen LogP contribution in [0.2, 0.25) is 0 Å². The van der Waals surface area contributed by atoms with Crippen LogP contribution in [0.3, 0.4) is 0 Å². The molecule has 0 spiro atoms. The average Bonchev–Trinajstić information content (AvgIpc) is 2.89. The molecule has 0 radical (unpaired) electrons. The third kappa shape index (κ3) is 3.17. The van der Waals surface area contributed by atoms with Gasteiger partial charge in [-0.05, 0) is 49.3 Å². The molecule has 1 aliphatic heterocycles. The Morgan fingerprint density at radius 2 is 1.95 bits per heavy atom. The topological polar surface area (TPSA) is 38.8 Å². The molecule has 3 rings (SSSR count). The molecule has 1 saturated carbocycles. The first-order chi connectivity index (χ1) is 10.7. The molecule has 1 aromatic carbocycles. The van der Waals surface area contributed by atoms with Crippen LogP contribution in [0.15, 0.2) is 36.4 Å². The number of anilines is 1. The van der Waals surface area contributed by atoms with Gasteiger partial charge in [0, 0.05) is 12.8 Å². The van der Waals surface area contributed by atoms with Crippen LogP contribution in [0, 0.1) is 0 Å². The monoisotopic (exact) mass is 301 g/mol. The third-order valence-corrected chi connectivity index (χ3v) is 4.60. The smallest absolute Gasteiger partial charge is 0.414 e. The molecule has 1 atom stereocenters. The maximum Gasteiger partial charge on any atom is 0.414 e. The van der Waals surface area contributed by atoms with Gasteiger partial charge in [-0.15, -0.1) is 0 Å². The summed E-state index contributed by atoms with van der Waals surface area (Å²) in [5, 5.41) is 0. The van der Waals surface area contributed by atoms with Gasteiger partial charge >= 0.3 is 6.09 Å². The summed E-state index contributed by atoms with van der Waals surface area (Å²) in [5.74, 6) is 0.617. The van der Waals surface area contributed by atoms with Crippen molar-refractivity contribution in [3.05, 3.63) is 42.0 Å². The zero-order valence-electron chi connectivity index (χ0n) is 13.1. The van der Waals surface area contributed by atoms with Crippen molar-refractivity contribution in [2.45, 2.75) is 37.7 Å². The molecule has 1 aliphatic carbocycles. The minimum absolute atomic E-state index is 0.179. The molecule has 1 heterocycles. The van der Waals surface area contributed by atoms with E-state index in [0.717, 1.165) is 18.5 Å². The fourth-order valence-electron chi connectivity index (χ4n) is 3.29. The number of carbonyl (C=O) groups excluding carboxylic acids is 1. The molecule has 2 fully saturated rings. The second kappa shape index (κ2) is 6.53. The lowest BCUT2D eigenvalue weighted by atomic mass is 9.82. The van der Waals surface area contributed by atoms with Crippen molar-refractivity contribution in [1.82, 2.24) is 0 Å². The first-order valence-corrected chi connectivity index (χ1v) is 7.91. The molecule has 4 nitrogen and oxygen atoms in total. The first kappa shape index (κ1) is 15.1. The molecule has 2 aliphatic rings. The van der Waals surface area contributed by atoms with Crippen molar-refractivity contribution in [1.29, 1.82) is 0 Å². The van der Waals surface area contributed by atoms with E-state index in [1.807, 2.05) is 12.1 Å². The van der Waals surface area contributed by atoms with Gasteiger partial charge in [-0.2, -0.15) is 0 Å². The first-order valence-electron chi connectivity index (χ1n) is 7.91. The van der Waals surface area contributed by atoms with E-state index >= 15 is 0 Å². The Labute approximate surface area is 131 Å². The van der Waals surface area contributed by atoms with Gasteiger partial charge in [0.15, 0.2) is 0 Å². The Morgan fingerprint density at radius 3 is 2.59 bits per heavy atom. The summed E-state index contributed by atoms with van der Waals surface area (Å²) < 4.78 is 10.3. The maximum absolute atomic E-state index is 11.9. The van der Waals surface area contributed by atoms with E-state index in [2.05, 4.69) is 18.7 Å². The Kier molecular flexibility index (Phi) is 4.48. The highest BCUT2D eigenvalue weighted by Gasteiger charge is 2.32. The second-order valence-electron chi connectivity index (χ2n) is 6.19. The van der Waals surface area contributed by atoms with E-state index in [4.69, 9.17) is 9.47 Å². The number of hydrogen-bond donors (Lipinski definition) is 0. The highest BCUT2D eigenvalue weighted by atomic mass is 16.6. The van der Waals surface area contributed by atoms with Crippen LogP contribution in [0.4, 0.5) is 10.5 Å². The number of cyclic esters (lactones) is 1. The van der Waals surface area contributed by atoms with Crippen LogP contribution in [0.1, 0.15) is 37.2 Å². The van der Waals surface area contributed by atoms with E-state index in [-0.39, 0.29) is 12.2 Å². The van der Waals surface area contributed by atoms with Crippen LogP contribution in [0.5, 0.6) is 0 Å². The molecule has 1 aromatic rings.